The fourth-order valence-electron chi connectivity index (χ4n) is 2.03. The Kier molecular flexibility index (Phi) is 5.10. The maximum atomic E-state index is 14.0. The first-order chi connectivity index (χ1) is 9.52. The van der Waals surface area contributed by atoms with Crippen molar-refractivity contribution in [3.63, 3.8) is 0 Å². The molecule has 0 aliphatic rings. The highest BCUT2D eigenvalue weighted by Crippen LogP contribution is 2.32. The van der Waals surface area contributed by atoms with Crippen molar-refractivity contribution in [2.75, 3.05) is 12.4 Å². The van der Waals surface area contributed by atoms with E-state index in [1.54, 1.807) is 18.2 Å². The Bertz CT molecular complexity index is 621. The number of hydrogen-bond donors (Lipinski definition) is 1. The van der Waals surface area contributed by atoms with Gasteiger partial charge in [-0.2, -0.15) is 0 Å². The molecule has 1 unspecified atom stereocenters. The smallest absolute Gasteiger partial charge is 0.132 e. The molecule has 0 fully saturated rings. The van der Waals surface area contributed by atoms with Gasteiger partial charge >= 0.3 is 0 Å². The van der Waals surface area contributed by atoms with Crippen LogP contribution in [0, 0.1) is 9.39 Å². The molecule has 2 nitrogen and oxygen atoms in total. The molecule has 20 heavy (non-hydrogen) atoms. The molecule has 2 aromatic carbocycles. The van der Waals surface area contributed by atoms with Gasteiger partial charge in [-0.05, 0) is 59.8 Å². The highest BCUT2D eigenvalue weighted by atomic mass is 127. The quantitative estimate of drug-likeness (QED) is 0.700. The lowest BCUT2D eigenvalue weighted by atomic mass is 10.1. The van der Waals surface area contributed by atoms with Crippen LogP contribution in [-0.4, -0.2) is 7.11 Å². The van der Waals surface area contributed by atoms with Crippen LogP contribution in [0.3, 0.4) is 0 Å². The Morgan fingerprint density at radius 3 is 2.70 bits per heavy atom. The summed E-state index contributed by atoms with van der Waals surface area (Å²) in [5, 5.41) is 3.96. The summed E-state index contributed by atoms with van der Waals surface area (Å²) in [4.78, 5) is 0. The third-order valence-corrected chi connectivity index (χ3v) is 4.10. The molecule has 0 aliphatic carbocycles. The first-order valence-electron chi connectivity index (χ1n) is 6.07. The van der Waals surface area contributed by atoms with E-state index >= 15 is 0 Å². The molecule has 5 heteroatoms. The Morgan fingerprint density at radius 1 is 1.30 bits per heavy atom. The van der Waals surface area contributed by atoms with Crippen molar-refractivity contribution in [3.05, 3.63) is 56.4 Å². The van der Waals surface area contributed by atoms with Crippen molar-refractivity contribution in [1.29, 1.82) is 0 Å². The Balaban J connectivity index is 2.30. The van der Waals surface area contributed by atoms with Crippen LogP contribution < -0.4 is 10.1 Å². The lowest BCUT2D eigenvalue weighted by Gasteiger charge is -2.20. The van der Waals surface area contributed by atoms with Gasteiger partial charge in [0.2, 0.25) is 0 Å². The molecule has 0 saturated carbocycles. The largest absolute Gasteiger partial charge is 0.496 e. The lowest BCUT2D eigenvalue weighted by molar-refractivity contribution is 0.402. The van der Waals surface area contributed by atoms with Gasteiger partial charge in [-0.15, -0.1) is 0 Å². The van der Waals surface area contributed by atoms with E-state index in [2.05, 4.69) is 27.9 Å². The molecule has 0 saturated heterocycles. The van der Waals surface area contributed by atoms with E-state index in [-0.39, 0.29) is 11.9 Å². The highest BCUT2D eigenvalue weighted by Gasteiger charge is 2.17. The van der Waals surface area contributed by atoms with Crippen molar-refractivity contribution < 1.29 is 9.13 Å². The average molecular weight is 406 g/mol. The lowest BCUT2D eigenvalue weighted by Crippen LogP contribution is -2.11. The molecule has 106 valence electrons. The van der Waals surface area contributed by atoms with Gasteiger partial charge in [0.25, 0.3) is 0 Å². The van der Waals surface area contributed by atoms with Crippen LogP contribution in [0.1, 0.15) is 18.5 Å². The first kappa shape index (κ1) is 15.4. The van der Waals surface area contributed by atoms with Gasteiger partial charge in [-0.25, -0.2) is 4.39 Å². The second kappa shape index (κ2) is 6.63. The monoisotopic (exact) mass is 405 g/mol. The molecule has 2 rings (SSSR count). The number of hydrogen-bond acceptors (Lipinski definition) is 2. The van der Waals surface area contributed by atoms with Crippen LogP contribution in [0.25, 0.3) is 0 Å². The van der Waals surface area contributed by atoms with Gasteiger partial charge < -0.3 is 10.1 Å². The second-order valence-corrected chi connectivity index (χ2v) is 5.94. The molecule has 0 aromatic heterocycles. The maximum Gasteiger partial charge on any atom is 0.132 e. The van der Waals surface area contributed by atoms with Crippen LogP contribution in [-0.2, 0) is 0 Å². The summed E-state index contributed by atoms with van der Waals surface area (Å²) in [5.41, 5.74) is 1.42. The first-order valence-corrected chi connectivity index (χ1v) is 7.52. The van der Waals surface area contributed by atoms with Crippen molar-refractivity contribution in [1.82, 2.24) is 0 Å². The SMILES string of the molecule is COc1cccc(F)c1C(C)Nc1ccc(Cl)cc1I. The molecule has 0 amide bonds. The number of ether oxygens (including phenoxy) is 1. The minimum absolute atomic E-state index is 0.221. The fraction of sp³-hybridized carbons (Fsp3) is 0.200. The summed E-state index contributed by atoms with van der Waals surface area (Å²) >= 11 is 8.12. The summed E-state index contributed by atoms with van der Waals surface area (Å²) in [6, 6.07) is 10.1. The Hall–Kier alpha value is -1.01. The van der Waals surface area contributed by atoms with Crippen LogP contribution >= 0.6 is 34.2 Å². The van der Waals surface area contributed by atoms with Crippen molar-refractivity contribution >= 4 is 39.9 Å². The van der Waals surface area contributed by atoms with Crippen LogP contribution in [0.4, 0.5) is 10.1 Å². The predicted octanol–water partition coefficient (Wildman–Crippen LogP) is 5.27. The third-order valence-electron chi connectivity index (χ3n) is 2.97. The number of rotatable bonds is 4. The van der Waals surface area contributed by atoms with E-state index in [4.69, 9.17) is 16.3 Å². The summed E-state index contributed by atoms with van der Waals surface area (Å²) in [6.07, 6.45) is 0. The zero-order chi connectivity index (χ0) is 14.7. The number of nitrogens with one attached hydrogen (secondary N) is 1. The minimum Gasteiger partial charge on any atom is -0.496 e. The van der Waals surface area contributed by atoms with Crippen LogP contribution in [0.15, 0.2) is 36.4 Å². The molecule has 0 heterocycles. The molecule has 2 aromatic rings. The predicted molar refractivity (Wildman–Crippen MR) is 89.2 cm³/mol. The van der Waals surface area contributed by atoms with E-state index in [0.29, 0.717) is 16.3 Å². The van der Waals surface area contributed by atoms with E-state index in [9.17, 15) is 4.39 Å². The molecule has 0 bridgehead atoms. The molecule has 1 atom stereocenters. The van der Waals surface area contributed by atoms with Gasteiger partial charge in [0.05, 0.1) is 18.7 Å². The maximum absolute atomic E-state index is 14.0. The average Bonchev–Trinajstić information content (AvgIpc) is 2.41. The Morgan fingerprint density at radius 2 is 2.05 bits per heavy atom. The van der Waals surface area contributed by atoms with E-state index in [0.717, 1.165) is 9.26 Å². The minimum atomic E-state index is -0.284. The van der Waals surface area contributed by atoms with Gasteiger partial charge in [-0.1, -0.05) is 17.7 Å². The molecule has 0 radical (unpaired) electrons. The molecular formula is C15H14ClFINO. The van der Waals surface area contributed by atoms with Crippen LogP contribution in [0.2, 0.25) is 5.02 Å². The highest BCUT2D eigenvalue weighted by molar-refractivity contribution is 14.1. The van der Waals surface area contributed by atoms with Crippen molar-refractivity contribution in [3.8, 4) is 5.75 Å². The van der Waals surface area contributed by atoms with Gasteiger partial charge in [0, 0.05) is 14.3 Å². The standard InChI is InChI=1S/C15H14ClFINO/c1-9(15-11(17)4-3-5-14(15)20-2)19-13-7-6-10(16)8-12(13)18/h3-9,19H,1-2H3. The molecular weight excluding hydrogens is 392 g/mol. The normalized spacial score (nSPS) is 12.1. The number of benzene rings is 2. The number of halogens is 3. The molecule has 1 N–H and O–H groups in total. The second-order valence-electron chi connectivity index (χ2n) is 4.35. The van der Waals surface area contributed by atoms with Gasteiger partial charge in [0.1, 0.15) is 11.6 Å². The Labute approximate surface area is 136 Å². The summed E-state index contributed by atoms with van der Waals surface area (Å²) in [7, 11) is 1.54. The zero-order valence-corrected chi connectivity index (χ0v) is 14.0. The van der Waals surface area contributed by atoms with E-state index < -0.39 is 0 Å². The van der Waals surface area contributed by atoms with Gasteiger partial charge in [0.15, 0.2) is 0 Å². The topological polar surface area (TPSA) is 21.3 Å². The van der Waals surface area contributed by atoms with Crippen molar-refractivity contribution in [2.24, 2.45) is 0 Å². The molecule has 0 aliphatic heterocycles. The van der Waals surface area contributed by atoms with Crippen LogP contribution in [0.5, 0.6) is 5.75 Å². The van der Waals surface area contributed by atoms with Gasteiger partial charge in [-0.3, -0.25) is 0 Å². The molecule has 0 spiro atoms. The summed E-state index contributed by atoms with van der Waals surface area (Å²) in [6.45, 7) is 1.89. The fourth-order valence-corrected chi connectivity index (χ4v) is 3.05. The third kappa shape index (κ3) is 3.35. The van der Waals surface area contributed by atoms with Crippen molar-refractivity contribution in [2.45, 2.75) is 13.0 Å². The van der Waals surface area contributed by atoms with E-state index in [1.807, 2.05) is 19.1 Å². The zero-order valence-electron chi connectivity index (χ0n) is 11.1. The summed E-state index contributed by atoms with van der Waals surface area (Å²) in [5.74, 6) is 0.252. The summed E-state index contributed by atoms with van der Waals surface area (Å²) < 4.78 is 20.2. The number of methoxy groups -OCH3 is 1. The van der Waals surface area contributed by atoms with E-state index in [1.165, 1.54) is 13.2 Å². The number of anilines is 1.